The van der Waals surface area contributed by atoms with Crippen LogP contribution in [0.3, 0.4) is 0 Å². The summed E-state index contributed by atoms with van der Waals surface area (Å²) in [5, 5.41) is 5.81. The molecule has 25 heavy (non-hydrogen) atoms. The molecule has 0 saturated heterocycles. The Morgan fingerprint density at radius 2 is 1.76 bits per heavy atom. The summed E-state index contributed by atoms with van der Waals surface area (Å²) in [4.78, 5) is 24.5. The van der Waals surface area contributed by atoms with Crippen molar-refractivity contribution in [1.82, 2.24) is 15.0 Å². The maximum absolute atomic E-state index is 12.1. The number of carbonyl (C=O) groups excluding carboxylic acids is 1. The molecule has 0 radical (unpaired) electrons. The topological polar surface area (TPSA) is 132 Å². The van der Waals surface area contributed by atoms with Gasteiger partial charge in [-0.05, 0) is 43.3 Å². The van der Waals surface area contributed by atoms with E-state index in [4.69, 9.17) is 11.5 Å². The number of aromatic nitrogens is 3. The summed E-state index contributed by atoms with van der Waals surface area (Å²) < 4.78 is 0. The number of benzene rings is 1. The predicted molar refractivity (Wildman–Crippen MR) is 97.5 cm³/mol. The highest BCUT2D eigenvalue weighted by molar-refractivity contribution is 6.03. The van der Waals surface area contributed by atoms with E-state index in [0.717, 1.165) is 5.69 Å². The number of nitrogens with two attached hydrogens (primary N) is 2. The second-order valence-electron chi connectivity index (χ2n) is 5.39. The molecule has 8 nitrogen and oxygen atoms in total. The largest absolute Gasteiger partial charge is 0.399 e. The molecule has 0 aliphatic heterocycles. The van der Waals surface area contributed by atoms with Crippen molar-refractivity contribution in [3.8, 4) is 0 Å². The third kappa shape index (κ3) is 4.20. The molecule has 0 saturated carbocycles. The normalized spacial score (nSPS) is 10.3. The number of carbonyl (C=O) groups is 1. The van der Waals surface area contributed by atoms with E-state index in [1.807, 2.05) is 6.92 Å². The molecule has 8 heteroatoms. The fourth-order valence-electron chi connectivity index (χ4n) is 2.17. The number of amides is 1. The van der Waals surface area contributed by atoms with E-state index in [9.17, 15) is 4.79 Å². The fraction of sp³-hybridized carbons (Fsp3) is 0.0588. The highest BCUT2D eigenvalue weighted by Crippen LogP contribution is 2.17. The van der Waals surface area contributed by atoms with Crippen molar-refractivity contribution in [2.24, 2.45) is 0 Å². The molecule has 0 unspecified atom stereocenters. The Kier molecular flexibility index (Phi) is 4.42. The second-order valence-corrected chi connectivity index (χ2v) is 5.39. The Labute approximate surface area is 144 Å². The van der Waals surface area contributed by atoms with Crippen LogP contribution in [0.25, 0.3) is 0 Å². The SMILES string of the molecule is Cc1cc(Nc2ccc(NC(=O)c3ccc(N)cc3)nc2)nc(N)n1. The smallest absolute Gasteiger partial charge is 0.256 e. The molecule has 1 aromatic carbocycles. The standard InChI is InChI=1S/C17H17N7O/c1-10-8-15(24-17(19)21-10)22-13-6-7-14(20-9-13)23-16(25)11-2-4-12(18)5-3-11/h2-9H,18H2,1H3,(H,20,23,25)(H3,19,21,22,24). The van der Waals surface area contributed by atoms with Crippen LogP contribution in [0.4, 0.5) is 29.0 Å². The summed E-state index contributed by atoms with van der Waals surface area (Å²) in [5.74, 6) is 0.950. The highest BCUT2D eigenvalue weighted by Gasteiger charge is 2.07. The van der Waals surface area contributed by atoms with Crippen LogP contribution in [0.5, 0.6) is 0 Å². The Bertz CT molecular complexity index is 872. The first-order valence-corrected chi connectivity index (χ1v) is 7.51. The molecular formula is C17H17N7O. The van der Waals surface area contributed by atoms with Gasteiger partial charge in [-0.2, -0.15) is 4.98 Å². The Morgan fingerprint density at radius 3 is 2.40 bits per heavy atom. The van der Waals surface area contributed by atoms with Gasteiger partial charge in [0.25, 0.3) is 5.91 Å². The number of aryl methyl sites for hydroxylation is 1. The molecule has 3 rings (SSSR count). The molecule has 2 aromatic heterocycles. The first kappa shape index (κ1) is 16.2. The number of rotatable bonds is 4. The zero-order valence-electron chi connectivity index (χ0n) is 13.5. The van der Waals surface area contributed by atoms with Gasteiger partial charge in [0.1, 0.15) is 11.6 Å². The Balaban J connectivity index is 1.67. The number of nitrogen functional groups attached to an aromatic ring is 2. The Hall–Kier alpha value is -3.68. The first-order chi connectivity index (χ1) is 12.0. The van der Waals surface area contributed by atoms with E-state index in [1.54, 1.807) is 48.7 Å². The molecule has 0 aliphatic carbocycles. The third-order valence-electron chi connectivity index (χ3n) is 3.32. The second kappa shape index (κ2) is 6.83. The maximum atomic E-state index is 12.1. The minimum atomic E-state index is -0.257. The lowest BCUT2D eigenvalue weighted by atomic mass is 10.2. The van der Waals surface area contributed by atoms with Gasteiger partial charge in [0.05, 0.1) is 11.9 Å². The van der Waals surface area contributed by atoms with Crippen LogP contribution in [0.1, 0.15) is 16.1 Å². The molecule has 2 heterocycles. The van der Waals surface area contributed by atoms with Crippen molar-refractivity contribution < 1.29 is 4.79 Å². The molecule has 0 atom stereocenters. The maximum Gasteiger partial charge on any atom is 0.256 e. The molecule has 126 valence electrons. The van der Waals surface area contributed by atoms with Gasteiger partial charge in [-0.25, -0.2) is 9.97 Å². The number of nitrogens with zero attached hydrogens (tertiary/aromatic N) is 3. The summed E-state index contributed by atoms with van der Waals surface area (Å²) in [6.07, 6.45) is 1.59. The third-order valence-corrected chi connectivity index (χ3v) is 3.32. The van der Waals surface area contributed by atoms with E-state index >= 15 is 0 Å². The number of hydrogen-bond donors (Lipinski definition) is 4. The van der Waals surface area contributed by atoms with Gasteiger partial charge in [-0.15, -0.1) is 0 Å². The van der Waals surface area contributed by atoms with Gasteiger partial charge in [-0.1, -0.05) is 0 Å². The van der Waals surface area contributed by atoms with Gasteiger partial charge < -0.3 is 22.1 Å². The van der Waals surface area contributed by atoms with Gasteiger partial charge in [-0.3, -0.25) is 4.79 Å². The first-order valence-electron chi connectivity index (χ1n) is 7.51. The molecular weight excluding hydrogens is 318 g/mol. The van der Waals surface area contributed by atoms with E-state index in [-0.39, 0.29) is 11.9 Å². The quantitative estimate of drug-likeness (QED) is 0.538. The van der Waals surface area contributed by atoms with Gasteiger partial charge in [0.15, 0.2) is 0 Å². The van der Waals surface area contributed by atoms with Crippen molar-refractivity contribution in [3.63, 3.8) is 0 Å². The van der Waals surface area contributed by atoms with Crippen molar-refractivity contribution >= 4 is 34.9 Å². The predicted octanol–water partition coefficient (Wildman–Crippen LogP) is 2.34. The van der Waals surface area contributed by atoms with E-state index in [0.29, 0.717) is 28.6 Å². The molecule has 0 spiro atoms. The summed E-state index contributed by atoms with van der Waals surface area (Å²) in [6.45, 7) is 1.83. The molecule has 1 amide bonds. The van der Waals surface area contributed by atoms with E-state index in [1.165, 1.54) is 0 Å². The van der Waals surface area contributed by atoms with Crippen LogP contribution in [-0.2, 0) is 0 Å². The lowest BCUT2D eigenvalue weighted by molar-refractivity contribution is 0.102. The van der Waals surface area contributed by atoms with Crippen LogP contribution in [0.15, 0.2) is 48.7 Å². The molecule has 6 N–H and O–H groups in total. The number of nitrogens with one attached hydrogen (secondary N) is 2. The average Bonchev–Trinajstić information content (AvgIpc) is 2.56. The zero-order chi connectivity index (χ0) is 17.8. The van der Waals surface area contributed by atoms with E-state index < -0.39 is 0 Å². The van der Waals surface area contributed by atoms with Crippen LogP contribution < -0.4 is 22.1 Å². The summed E-state index contributed by atoms with van der Waals surface area (Å²) in [5.41, 5.74) is 13.8. The van der Waals surface area contributed by atoms with Crippen LogP contribution >= 0.6 is 0 Å². The van der Waals surface area contributed by atoms with Crippen molar-refractivity contribution in [1.29, 1.82) is 0 Å². The van der Waals surface area contributed by atoms with Crippen LogP contribution in [0.2, 0.25) is 0 Å². The molecule has 0 bridgehead atoms. The van der Waals surface area contributed by atoms with Crippen molar-refractivity contribution in [2.75, 3.05) is 22.1 Å². The zero-order valence-corrected chi connectivity index (χ0v) is 13.5. The minimum Gasteiger partial charge on any atom is -0.399 e. The van der Waals surface area contributed by atoms with Gasteiger partial charge in [0.2, 0.25) is 5.95 Å². The minimum absolute atomic E-state index is 0.197. The number of anilines is 5. The van der Waals surface area contributed by atoms with Crippen LogP contribution in [-0.4, -0.2) is 20.9 Å². The summed E-state index contributed by atoms with van der Waals surface area (Å²) >= 11 is 0. The number of pyridine rings is 1. The molecule has 3 aromatic rings. The lowest BCUT2D eigenvalue weighted by Gasteiger charge is -2.08. The van der Waals surface area contributed by atoms with Gasteiger partial charge in [0, 0.05) is 23.0 Å². The Morgan fingerprint density at radius 1 is 1.00 bits per heavy atom. The summed E-state index contributed by atoms with van der Waals surface area (Å²) in [6, 6.07) is 11.9. The van der Waals surface area contributed by atoms with Gasteiger partial charge >= 0.3 is 0 Å². The van der Waals surface area contributed by atoms with Crippen molar-refractivity contribution in [2.45, 2.75) is 6.92 Å². The van der Waals surface area contributed by atoms with Crippen molar-refractivity contribution in [3.05, 3.63) is 59.9 Å². The summed E-state index contributed by atoms with van der Waals surface area (Å²) in [7, 11) is 0. The molecule has 0 aliphatic rings. The monoisotopic (exact) mass is 335 g/mol. The van der Waals surface area contributed by atoms with Crippen LogP contribution in [0, 0.1) is 6.92 Å². The number of hydrogen-bond acceptors (Lipinski definition) is 7. The molecule has 0 fully saturated rings. The van der Waals surface area contributed by atoms with E-state index in [2.05, 4.69) is 25.6 Å². The average molecular weight is 335 g/mol. The fourth-order valence-corrected chi connectivity index (χ4v) is 2.17. The highest BCUT2D eigenvalue weighted by atomic mass is 16.1. The lowest BCUT2D eigenvalue weighted by Crippen LogP contribution is -2.12.